The molecule has 0 atom stereocenters. The molecule has 1 aromatic rings. The van der Waals surface area contributed by atoms with Crippen LogP contribution in [0.1, 0.15) is 13.8 Å². The third kappa shape index (κ3) is 5.28. The number of nitrogens with one attached hydrogen (secondary N) is 1. The smallest absolute Gasteiger partial charge is 0.242 e. The van der Waals surface area contributed by atoms with Crippen molar-refractivity contribution in [1.29, 1.82) is 0 Å². The van der Waals surface area contributed by atoms with Gasteiger partial charge >= 0.3 is 0 Å². The molecule has 1 rings (SSSR count). The minimum absolute atomic E-state index is 0.162. The predicted molar refractivity (Wildman–Crippen MR) is 85.0 cm³/mol. The summed E-state index contributed by atoms with van der Waals surface area (Å²) in [6, 6.07) is 6.77. The van der Waals surface area contributed by atoms with Crippen LogP contribution in [0.2, 0.25) is 0 Å². The first-order valence-electron chi connectivity index (χ1n) is 6.97. The van der Waals surface area contributed by atoms with Gasteiger partial charge in [0.2, 0.25) is 10.0 Å². The summed E-state index contributed by atoms with van der Waals surface area (Å²) in [6.45, 7) is 5.69. The van der Waals surface area contributed by atoms with Crippen LogP contribution in [-0.2, 0) is 14.8 Å². The van der Waals surface area contributed by atoms with Gasteiger partial charge in [-0.05, 0) is 26.0 Å². The van der Waals surface area contributed by atoms with E-state index in [1.807, 2.05) is 11.0 Å². The zero-order valence-corrected chi connectivity index (χ0v) is 13.7. The van der Waals surface area contributed by atoms with E-state index in [9.17, 15) is 8.42 Å². The first-order chi connectivity index (χ1) is 9.92. The van der Waals surface area contributed by atoms with E-state index in [1.54, 1.807) is 39.2 Å². The molecule has 0 spiro atoms. The minimum Gasteiger partial charge on any atom is -0.383 e. The van der Waals surface area contributed by atoms with Crippen LogP contribution in [0.15, 0.2) is 29.2 Å². The molecule has 3 N–H and O–H groups in total. The molecule has 0 aliphatic heterocycles. The zero-order chi connectivity index (χ0) is 15.9. The van der Waals surface area contributed by atoms with E-state index >= 15 is 0 Å². The van der Waals surface area contributed by atoms with Gasteiger partial charge < -0.3 is 15.4 Å². The van der Waals surface area contributed by atoms with Gasteiger partial charge in [-0.15, -0.1) is 0 Å². The molecule has 0 aliphatic carbocycles. The second-order valence-corrected chi connectivity index (χ2v) is 6.69. The van der Waals surface area contributed by atoms with Gasteiger partial charge in [0.15, 0.2) is 0 Å². The van der Waals surface area contributed by atoms with Crippen molar-refractivity contribution < 1.29 is 13.2 Å². The molecule has 21 heavy (non-hydrogen) atoms. The highest BCUT2D eigenvalue weighted by Gasteiger charge is 2.21. The molecular weight excluding hydrogens is 290 g/mol. The number of anilines is 1. The van der Waals surface area contributed by atoms with E-state index in [2.05, 4.69) is 4.72 Å². The van der Waals surface area contributed by atoms with E-state index in [-0.39, 0.29) is 10.9 Å². The molecular formula is C14H25N3O3S. The number of ether oxygens (including phenoxy) is 1. The maximum absolute atomic E-state index is 12.4. The number of sulfonamides is 1. The van der Waals surface area contributed by atoms with E-state index in [1.165, 1.54) is 0 Å². The lowest BCUT2D eigenvalue weighted by molar-refractivity contribution is 0.205. The molecule has 120 valence electrons. The van der Waals surface area contributed by atoms with Crippen LogP contribution < -0.4 is 15.4 Å². The lowest BCUT2D eigenvalue weighted by Gasteiger charge is -2.26. The number of benzene rings is 1. The van der Waals surface area contributed by atoms with Crippen LogP contribution in [-0.4, -0.2) is 47.8 Å². The van der Waals surface area contributed by atoms with E-state index in [4.69, 9.17) is 10.5 Å². The first-order valence-corrected chi connectivity index (χ1v) is 8.46. The van der Waals surface area contributed by atoms with Crippen LogP contribution in [0.5, 0.6) is 0 Å². The van der Waals surface area contributed by atoms with Gasteiger partial charge in [-0.1, -0.05) is 12.1 Å². The Bertz CT molecular complexity index is 532. The van der Waals surface area contributed by atoms with E-state index in [0.29, 0.717) is 31.9 Å². The Morgan fingerprint density at radius 3 is 2.52 bits per heavy atom. The Balaban J connectivity index is 3.17. The molecule has 1 aromatic carbocycles. The highest BCUT2D eigenvalue weighted by molar-refractivity contribution is 7.89. The third-order valence-electron chi connectivity index (χ3n) is 2.85. The molecule has 0 saturated heterocycles. The summed E-state index contributed by atoms with van der Waals surface area (Å²) in [4.78, 5) is 2.20. The molecule has 0 amide bonds. The Morgan fingerprint density at radius 2 is 1.95 bits per heavy atom. The van der Waals surface area contributed by atoms with Crippen molar-refractivity contribution in [3.63, 3.8) is 0 Å². The summed E-state index contributed by atoms with van der Waals surface area (Å²) in [5, 5.41) is 0. The van der Waals surface area contributed by atoms with Crippen molar-refractivity contribution in [2.75, 3.05) is 38.3 Å². The Morgan fingerprint density at radius 1 is 1.29 bits per heavy atom. The van der Waals surface area contributed by atoms with Crippen LogP contribution in [0.3, 0.4) is 0 Å². The molecule has 0 bridgehead atoms. The summed E-state index contributed by atoms with van der Waals surface area (Å²) < 4.78 is 32.6. The lowest BCUT2D eigenvalue weighted by Crippen LogP contribution is -2.36. The summed E-state index contributed by atoms with van der Waals surface area (Å²) in [5.41, 5.74) is 6.28. The van der Waals surface area contributed by atoms with Crippen LogP contribution >= 0.6 is 0 Å². The number of para-hydroxylation sites is 1. The molecule has 0 saturated carbocycles. The fraction of sp³-hybridized carbons (Fsp3) is 0.571. The fourth-order valence-corrected chi connectivity index (χ4v) is 3.51. The second kappa shape index (κ2) is 8.33. The number of nitrogens with two attached hydrogens (primary N) is 1. The predicted octanol–water partition coefficient (Wildman–Crippen LogP) is 0.785. The van der Waals surface area contributed by atoms with E-state index in [0.717, 1.165) is 0 Å². The highest BCUT2D eigenvalue weighted by Crippen LogP contribution is 2.24. The van der Waals surface area contributed by atoms with Gasteiger partial charge in [-0.3, -0.25) is 0 Å². The van der Waals surface area contributed by atoms with Gasteiger partial charge in [-0.25, -0.2) is 13.1 Å². The quantitative estimate of drug-likeness (QED) is 0.703. The average molecular weight is 315 g/mol. The lowest BCUT2D eigenvalue weighted by atomic mass is 10.3. The molecule has 0 radical (unpaired) electrons. The summed E-state index contributed by atoms with van der Waals surface area (Å²) in [5.74, 6) is 0. The van der Waals surface area contributed by atoms with Gasteiger partial charge in [0.05, 0.1) is 12.3 Å². The number of hydrogen-bond acceptors (Lipinski definition) is 5. The average Bonchev–Trinajstić information content (AvgIpc) is 2.42. The minimum atomic E-state index is -3.55. The van der Waals surface area contributed by atoms with Gasteiger partial charge in [0, 0.05) is 32.8 Å². The zero-order valence-electron chi connectivity index (χ0n) is 12.9. The van der Waals surface area contributed by atoms with Gasteiger partial charge in [0.25, 0.3) is 0 Å². The number of rotatable bonds is 9. The normalized spacial score (nSPS) is 11.9. The maximum atomic E-state index is 12.4. The van der Waals surface area contributed by atoms with Gasteiger partial charge in [-0.2, -0.15) is 0 Å². The summed E-state index contributed by atoms with van der Waals surface area (Å²) >= 11 is 0. The molecule has 0 heterocycles. The molecule has 0 aliphatic rings. The highest BCUT2D eigenvalue weighted by atomic mass is 32.2. The molecule has 0 aromatic heterocycles. The molecule has 7 heteroatoms. The summed E-state index contributed by atoms with van der Waals surface area (Å²) in [6.07, 6.45) is 0. The van der Waals surface area contributed by atoms with Crippen molar-refractivity contribution in [1.82, 2.24) is 4.72 Å². The Hall–Kier alpha value is -1.15. The summed E-state index contributed by atoms with van der Waals surface area (Å²) in [7, 11) is -1.94. The van der Waals surface area contributed by atoms with Crippen LogP contribution in [0, 0.1) is 0 Å². The maximum Gasteiger partial charge on any atom is 0.242 e. The van der Waals surface area contributed by atoms with Gasteiger partial charge in [0.1, 0.15) is 4.90 Å². The fourth-order valence-electron chi connectivity index (χ4n) is 2.03. The molecule has 6 nitrogen and oxygen atoms in total. The first kappa shape index (κ1) is 17.9. The number of methoxy groups -OCH3 is 1. The molecule has 0 fully saturated rings. The van der Waals surface area contributed by atoms with Crippen molar-refractivity contribution in [3.05, 3.63) is 24.3 Å². The van der Waals surface area contributed by atoms with Crippen molar-refractivity contribution >= 4 is 15.7 Å². The van der Waals surface area contributed by atoms with Crippen molar-refractivity contribution in [3.8, 4) is 0 Å². The monoisotopic (exact) mass is 315 g/mol. The van der Waals surface area contributed by atoms with Crippen LogP contribution in [0.4, 0.5) is 5.69 Å². The van der Waals surface area contributed by atoms with E-state index < -0.39 is 10.0 Å². The molecule has 0 unspecified atom stereocenters. The SMILES string of the molecule is COCCN(CCN)c1ccccc1S(=O)(=O)NC(C)C. The topological polar surface area (TPSA) is 84.7 Å². The third-order valence-corrected chi connectivity index (χ3v) is 4.56. The Labute approximate surface area is 127 Å². The largest absolute Gasteiger partial charge is 0.383 e. The van der Waals surface area contributed by atoms with Crippen molar-refractivity contribution in [2.24, 2.45) is 5.73 Å². The number of hydrogen-bond donors (Lipinski definition) is 2. The second-order valence-electron chi connectivity index (χ2n) is 5.01. The Kier molecular flexibility index (Phi) is 7.10. The number of nitrogens with zero attached hydrogens (tertiary/aromatic N) is 1. The van der Waals surface area contributed by atoms with Crippen LogP contribution in [0.25, 0.3) is 0 Å². The standard InChI is InChI=1S/C14H25N3O3S/c1-12(2)16-21(18,19)14-7-5-4-6-13(14)17(9-8-15)10-11-20-3/h4-7,12,16H,8-11,15H2,1-3H3. The van der Waals surface area contributed by atoms with Crippen molar-refractivity contribution in [2.45, 2.75) is 24.8 Å².